The van der Waals surface area contributed by atoms with Gasteiger partial charge in [0.25, 0.3) is 5.91 Å². The lowest BCUT2D eigenvalue weighted by atomic mass is 9.97. The molecule has 0 saturated carbocycles. The van der Waals surface area contributed by atoms with Crippen LogP contribution in [0.15, 0.2) is 18.2 Å². The highest BCUT2D eigenvalue weighted by Gasteiger charge is 2.29. The molecule has 1 aliphatic rings. The molecule has 1 fully saturated rings. The van der Waals surface area contributed by atoms with Crippen molar-refractivity contribution in [1.82, 2.24) is 0 Å². The van der Waals surface area contributed by atoms with E-state index < -0.39 is 0 Å². The number of hydrogen-bond acceptors (Lipinski definition) is 3. The number of hydrogen-bond donors (Lipinski definition) is 2. The van der Waals surface area contributed by atoms with E-state index in [9.17, 15) is 9.59 Å². The normalized spacial score (nSPS) is 21.2. The summed E-state index contributed by atoms with van der Waals surface area (Å²) < 4.78 is 4.78. The van der Waals surface area contributed by atoms with E-state index in [0.717, 1.165) is 42.7 Å². The maximum absolute atomic E-state index is 12.2. The van der Waals surface area contributed by atoms with Crippen LogP contribution in [0.2, 0.25) is 0 Å². The maximum atomic E-state index is 12.2. The van der Waals surface area contributed by atoms with Crippen LogP contribution in [0.4, 0.5) is 5.69 Å². The Kier molecular flexibility index (Phi) is 5.55. The predicted molar refractivity (Wildman–Crippen MR) is 84.8 cm³/mol. The van der Waals surface area contributed by atoms with E-state index in [-0.39, 0.29) is 17.8 Å². The fraction of sp³-hybridized carbons (Fsp3) is 0.529. The summed E-state index contributed by atoms with van der Waals surface area (Å²) in [7, 11) is 1.43. The smallest absolute Gasteiger partial charge is 0.309 e. The third-order valence-electron chi connectivity index (χ3n) is 4.30. The van der Waals surface area contributed by atoms with E-state index in [0.29, 0.717) is 6.54 Å². The highest BCUT2D eigenvalue weighted by Crippen LogP contribution is 2.16. The first-order chi connectivity index (χ1) is 10.5. The van der Waals surface area contributed by atoms with Crippen LogP contribution in [0.3, 0.4) is 0 Å². The van der Waals surface area contributed by atoms with Crippen molar-refractivity contribution in [3.63, 3.8) is 0 Å². The number of benzene rings is 1. The van der Waals surface area contributed by atoms with Crippen molar-refractivity contribution in [3.05, 3.63) is 29.3 Å². The van der Waals surface area contributed by atoms with Crippen molar-refractivity contribution in [2.45, 2.75) is 26.7 Å². The van der Waals surface area contributed by atoms with Gasteiger partial charge in [0, 0.05) is 18.5 Å². The maximum Gasteiger partial charge on any atom is 0.309 e. The summed E-state index contributed by atoms with van der Waals surface area (Å²) in [5.41, 5.74) is 3.08. The number of likely N-dealkylation sites (tertiary alicyclic amines) is 1. The van der Waals surface area contributed by atoms with Crippen LogP contribution in [-0.4, -0.2) is 38.6 Å². The molecule has 120 valence electrons. The monoisotopic (exact) mass is 305 g/mol. The SMILES string of the molecule is COC(=O)C1CC[NH+](CC(=O)Nc2cc(C)ccc2C)CC1. The minimum absolute atomic E-state index is 0.00386. The topological polar surface area (TPSA) is 59.8 Å². The zero-order chi connectivity index (χ0) is 16.1. The van der Waals surface area contributed by atoms with Crippen LogP contribution in [0, 0.1) is 19.8 Å². The Bertz CT molecular complexity index is 549. The van der Waals surface area contributed by atoms with E-state index >= 15 is 0 Å². The first-order valence-electron chi connectivity index (χ1n) is 7.78. The molecular formula is C17H25N2O3+. The molecule has 22 heavy (non-hydrogen) atoms. The molecule has 2 rings (SSSR count). The second kappa shape index (κ2) is 7.40. The number of esters is 1. The van der Waals surface area contributed by atoms with Gasteiger partial charge in [-0.05, 0) is 31.0 Å². The Morgan fingerprint density at radius 1 is 1.27 bits per heavy atom. The standard InChI is InChI=1S/C17H24N2O3/c1-12-4-5-13(2)15(10-12)18-16(20)11-19-8-6-14(7-9-19)17(21)22-3/h4-5,10,14H,6-9,11H2,1-3H3,(H,18,20)/p+1. The number of nitrogens with one attached hydrogen (secondary N) is 2. The van der Waals surface area contributed by atoms with E-state index in [1.54, 1.807) is 0 Å². The lowest BCUT2D eigenvalue weighted by Gasteiger charge is -2.27. The molecule has 0 spiro atoms. The Morgan fingerprint density at radius 2 is 1.95 bits per heavy atom. The van der Waals surface area contributed by atoms with Crippen molar-refractivity contribution < 1.29 is 19.2 Å². The van der Waals surface area contributed by atoms with Crippen molar-refractivity contribution in [2.75, 3.05) is 32.1 Å². The van der Waals surface area contributed by atoms with Gasteiger partial charge in [-0.1, -0.05) is 12.1 Å². The molecule has 0 atom stereocenters. The molecule has 0 bridgehead atoms. The van der Waals surface area contributed by atoms with Gasteiger partial charge in [0.1, 0.15) is 0 Å². The number of ether oxygens (including phenoxy) is 1. The average Bonchev–Trinajstić information content (AvgIpc) is 2.51. The predicted octanol–water partition coefficient (Wildman–Crippen LogP) is 0.710. The second-order valence-electron chi connectivity index (χ2n) is 6.09. The molecule has 1 heterocycles. The summed E-state index contributed by atoms with van der Waals surface area (Å²) in [4.78, 5) is 24.9. The number of anilines is 1. The van der Waals surface area contributed by atoms with Gasteiger partial charge in [-0.3, -0.25) is 9.59 Å². The molecule has 0 aromatic heterocycles. The van der Waals surface area contributed by atoms with E-state index in [1.165, 1.54) is 12.0 Å². The van der Waals surface area contributed by atoms with Gasteiger partial charge in [0.2, 0.25) is 0 Å². The second-order valence-corrected chi connectivity index (χ2v) is 6.09. The minimum atomic E-state index is -0.126. The van der Waals surface area contributed by atoms with Gasteiger partial charge in [-0.15, -0.1) is 0 Å². The quantitative estimate of drug-likeness (QED) is 0.806. The number of amides is 1. The Morgan fingerprint density at radius 3 is 2.59 bits per heavy atom. The molecule has 0 unspecified atom stereocenters. The molecular weight excluding hydrogens is 280 g/mol. The fourth-order valence-corrected chi connectivity index (χ4v) is 2.90. The number of piperidine rings is 1. The summed E-state index contributed by atoms with van der Waals surface area (Å²) in [5.74, 6) is -0.102. The zero-order valence-electron chi connectivity index (χ0n) is 13.6. The van der Waals surface area contributed by atoms with Crippen molar-refractivity contribution in [2.24, 2.45) is 5.92 Å². The number of aryl methyl sites for hydroxylation is 2. The first kappa shape index (κ1) is 16.5. The first-order valence-corrected chi connectivity index (χ1v) is 7.78. The Hall–Kier alpha value is -1.88. The van der Waals surface area contributed by atoms with Crippen LogP contribution in [0.25, 0.3) is 0 Å². The van der Waals surface area contributed by atoms with Crippen LogP contribution in [0.1, 0.15) is 24.0 Å². The highest BCUT2D eigenvalue weighted by molar-refractivity contribution is 5.92. The van der Waals surface area contributed by atoms with E-state index in [1.807, 2.05) is 32.0 Å². The molecule has 5 nitrogen and oxygen atoms in total. The van der Waals surface area contributed by atoms with Crippen molar-refractivity contribution in [3.8, 4) is 0 Å². The van der Waals surface area contributed by atoms with Crippen molar-refractivity contribution in [1.29, 1.82) is 0 Å². The molecule has 2 N–H and O–H groups in total. The van der Waals surface area contributed by atoms with Crippen molar-refractivity contribution >= 4 is 17.6 Å². The molecule has 1 aromatic carbocycles. The molecule has 5 heteroatoms. The summed E-state index contributed by atoms with van der Waals surface area (Å²) in [6.45, 7) is 6.11. The number of carbonyl (C=O) groups excluding carboxylic acids is 2. The van der Waals surface area contributed by atoms with E-state index in [2.05, 4.69) is 5.32 Å². The molecule has 1 aromatic rings. The highest BCUT2D eigenvalue weighted by atomic mass is 16.5. The van der Waals surface area contributed by atoms with Gasteiger partial charge in [-0.25, -0.2) is 0 Å². The summed E-state index contributed by atoms with van der Waals surface area (Å²) in [6.07, 6.45) is 1.58. The van der Waals surface area contributed by atoms with Gasteiger partial charge in [0.05, 0.1) is 26.1 Å². The molecule has 0 radical (unpaired) electrons. The van der Waals surface area contributed by atoms with Gasteiger partial charge < -0.3 is 15.0 Å². The van der Waals surface area contributed by atoms with Gasteiger partial charge in [-0.2, -0.15) is 0 Å². The summed E-state index contributed by atoms with van der Waals surface area (Å²) >= 11 is 0. The van der Waals surface area contributed by atoms with Crippen LogP contribution < -0.4 is 10.2 Å². The lowest BCUT2D eigenvalue weighted by molar-refractivity contribution is -0.897. The molecule has 1 amide bonds. The zero-order valence-corrected chi connectivity index (χ0v) is 13.6. The number of quaternary nitrogens is 1. The minimum Gasteiger partial charge on any atom is -0.469 e. The Labute approximate surface area is 131 Å². The number of methoxy groups -OCH3 is 1. The molecule has 1 saturated heterocycles. The number of rotatable bonds is 4. The van der Waals surface area contributed by atoms with E-state index in [4.69, 9.17) is 4.74 Å². The lowest BCUT2D eigenvalue weighted by Crippen LogP contribution is -3.14. The third-order valence-corrected chi connectivity index (χ3v) is 4.30. The fourth-order valence-electron chi connectivity index (χ4n) is 2.90. The third kappa shape index (κ3) is 4.31. The number of carbonyl (C=O) groups is 2. The largest absolute Gasteiger partial charge is 0.469 e. The summed E-state index contributed by atoms with van der Waals surface area (Å²) in [5, 5.41) is 2.99. The Balaban J connectivity index is 1.83. The van der Waals surface area contributed by atoms with Crippen LogP contribution in [-0.2, 0) is 14.3 Å². The molecule has 1 aliphatic heterocycles. The average molecular weight is 305 g/mol. The van der Waals surface area contributed by atoms with Crippen LogP contribution >= 0.6 is 0 Å². The van der Waals surface area contributed by atoms with Gasteiger partial charge >= 0.3 is 5.97 Å². The van der Waals surface area contributed by atoms with Crippen LogP contribution in [0.5, 0.6) is 0 Å². The van der Waals surface area contributed by atoms with Gasteiger partial charge in [0.15, 0.2) is 6.54 Å². The summed E-state index contributed by atoms with van der Waals surface area (Å²) in [6, 6.07) is 6.04. The molecule has 0 aliphatic carbocycles.